The summed E-state index contributed by atoms with van der Waals surface area (Å²) in [6.45, 7) is 2.28. The monoisotopic (exact) mass is 255 g/mol. The van der Waals surface area contributed by atoms with Gasteiger partial charge in [0.05, 0.1) is 0 Å². The van der Waals surface area contributed by atoms with E-state index in [9.17, 15) is 0 Å². The number of thiophene rings is 1. The number of nitrogens with one attached hydrogen (secondary N) is 1. The molecule has 1 saturated carbocycles. The second-order valence-electron chi connectivity index (χ2n) is 4.65. The summed E-state index contributed by atoms with van der Waals surface area (Å²) in [7, 11) is 0. The Balaban J connectivity index is 1.78. The molecule has 1 unspecified atom stereocenters. The van der Waals surface area contributed by atoms with E-state index in [0.717, 1.165) is 11.3 Å². The van der Waals surface area contributed by atoms with Crippen molar-refractivity contribution in [1.82, 2.24) is 5.32 Å². The number of hydrogen-bond donors (Lipinski definition) is 1. The van der Waals surface area contributed by atoms with Gasteiger partial charge in [0.2, 0.25) is 0 Å². The van der Waals surface area contributed by atoms with Gasteiger partial charge in [-0.25, -0.2) is 0 Å². The van der Waals surface area contributed by atoms with Crippen molar-refractivity contribution < 1.29 is 0 Å². The van der Waals surface area contributed by atoms with Gasteiger partial charge in [-0.1, -0.05) is 0 Å². The Morgan fingerprint density at radius 3 is 2.69 bits per heavy atom. The van der Waals surface area contributed by atoms with E-state index >= 15 is 0 Å². The summed E-state index contributed by atoms with van der Waals surface area (Å²) in [5, 5.41) is 9.09. The second kappa shape index (κ2) is 6.08. The first-order chi connectivity index (χ1) is 7.79. The van der Waals surface area contributed by atoms with Crippen molar-refractivity contribution in [2.24, 2.45) is 0 Å². The molecule has 3 heteroatoms. The molecule has 0 saturated heterocycles. The van der Waals surface area contributed by atoms with E-state index in [1.807, 2.05) is 11.8 Å². The van der Waals surface area contributed by atoms with Crippen LogP contribution >= 0.6 is 23.1 Å². The van der Waals surface area contributed by atoms with Crippen LogP contribution < -0.4 is 5.32 Å². The predicted molar refractivity (Wildman–Crippen MR) is 75.4 cm³/mol. The van der Waals surface area contributed by atoms with E-state index in [1.165, 1.54) is 31.2 Å². The van der Waals surface area contributed by atoms with Crippen LogP contribution in [0.5, 0.6) is 0 Å². The molecule has 2 rings (SSSR count). The Morgan fingerprint density at radius 2 is 2.12 bits per heavy atom. The highest BCUT2D eigenvalue weighted by atomic mass is 32.2. The standard InChI is InChI=1S/C13H21NS2/c1-10(11-7-8-16-9-11)14-12-3-5-13(15-2)6-4-12/h7-10,12-14H,3-6H2,1-2H3. The maximum Gasteiger partial charge on any atom is 0.0302 e. The fourth-order valence-corrected chi connectivity index (χ4v) is 3.93. The number of hydrogen-bond acceptors (Lipinski definition) is 3. The zero-order valence-corrected chi connectivity index (χ0v) is 11.7. The topological polar surface area (TPSA) is 12.0 Å². The van der Waals surface area contributed by atoms with Crippen LogP contribution in [0.25, 0.3) is 0 Å². The molecule has 1 heterocycles. The van der Waals surface area contributed by atoms with Crippen LogP contribution in [-0.2, 0) is 0 Å². The molecule has 1 aromatic rings. The molecule has 0 spiro atoms. The van der Waals surface area contributed by atoms with Gasteiger partial charge in [-0.2, -0.15) is 23.1 Å². The maximum absolute atomic E-state index is 3.76. The largest absolute Gasteiger partial charge is 0.307 e. The van der Waals surface area contributed by atoms with E-state index in [0.29, 0.717) is 6.04 Å². The fourth-order valence-electron chi connectivity index (χ4n) is 2.44. The lowest BCUT2D eigenvalue weighted by Gasteiger charge is -2.30. The molecular formula is C13H21NS2. The van der Waals surface area contributed by atoms with Gasteiger partial charge in [0.1, 0.15) is 0 Å². The van der Waals surface area contributed by atoms with Gasteiger partial charge in [-0.05, 0) is 61.3 Å². The minimum atomic E-state index is 0.516. The van der Waals surface area contributed by atoms with Crippen LogP contribution in [0, 0.1) is 0 Å². The third-order valence-corrected chi connectivity index (χ3v) is 5.38. The Bertz CT molecular complexity index is 289. The molecule has 1 aliphatic carbocycles. The van der Waals surface area contributed by atoms with Gasteiger partial charge < -0.3 is 5.32 Å². The van der Waals surface area contributed by atoms with Crippen LogP contribution in [0.3, 0.4) is 0 Å². The predicted octanol–water partition coefficient (Wildman–Crippen LogP) is 4.07. The van der Waals surface area contributed by atoms with Crippen molar-refractivity contribution >= 4 is 23.1 Å². The van der Waals surface area contributed by atoms with Gasteiger partial charge in [0.15, 0.2) is 0 Å². The fraction of sp³-hybridized carbons (Fsp3) is 0.692. The van der Waals surface area contributed by atoms with Crippen LogP contribution in [0.1, 0.15) is 44.2 Å². The molecule has 1 N–H and O–H groups in total. The van der Waals surface area contributed by atoms with Crippen LogP contribution in [0.4, 0.5) is 0 Å². The lowest BCUT2D eigenvalue weighted by Crippen LogP contribution is -2.35. The summed E-state index contributed by atoms with van der Waals surface area (Å²) in [5.41, 5.74) is 1.44. The second-order valence-corrected chi connectivity index (χ2v) is 6.57. The molecule has 1 aliphatic rings. The summed E-state index contributed by atoms with van der Waals surface area (Å²) in [5.74, 6) is 0. The summed E-state index contributed by atoms with van der Waals surface area (Å²) < 4.78 is 0. The van der Waals surface area contributed by atoms with Crippen molar-refractivity contribution in [2.45, 2.75) is 49.9 Å². The van der Waals surface area contributed by atoms with Crippen LogP contribution in [-0.4, -0.2) is 17.5 Å². The summed E-state index contributed by atoms with van der Waals surface area (Å²) in [6, 6.07) is 3.48. The smallest absolute Gasteiger partial charge is 0.0302 e. The quantitative estimate of drug-likeness (QED) is 0.870. The van der Waals surface area contributed by atoms with Crippen molar-refractivity contribution in [3.05, 3.63) is 22.4 Å². The highest BCUT2D eigenvalue weighted by Gasteiger charge is 2.21. The molecule has 0 aromatic carbocycles. The number of rotatable bonds is 4. The summed E-state index contributed by atoms with van der Waals surface area (Å²) in [6.07, 6.45) is 7.71. The lowest BCUT2D eigenvalue weighted by atomic mass is 9.94. The first-order valence-electron chi connectivity index (χ1n) is 6.10. The molecule has 0 aliphatic heterocycles. The Kier molecular flexibility index (Phi) is 4.74. The van der Waals surface area contributed by atoms with Crippen molar-refractivity contribution in [3.8, 4) is 0 Å². The Labute approximate surface area is 107 Å². The molecule has 16 heavy (non-hydrogen) atoms. The zero-order chi connectivity index (χ0) is 11.4. The minimum absolute atomic E-state index is 0.516. The molecule has 0 radical (unpaired) electrons. The third-order valence-electron chi connectivity index (χ3n) is 3.54. The van der Waals surface area contributed by atoms with E-state index in [1.54, 1.807) is 11.3 Å². The van der Waals surface area contributed by atoms with Crippen LogP contribution in [0.15, 0.2) is 16.8 Å². The van der Waals surface area contributed by atoms with E-state index < -0.39 is 0 Å². The van der Waals surface area contributed by atoms with Gasteiger partial charge in [0, 0.05) is 17.3 Å². The van der Waals surface area contributed by atoms with Gasteiger partial charge in [-0.3, -0.25) is 0 Å². The third kappa shape index (κ3) is 3.25. The van der Waals surface area contributed by atoms with E-state index in [2.05, 4.69) is 35.3 Å². The molecule has 1 fully saturated rings. The Hall–Kier alpha value is 0.01000. The van der Waals surface area contributed by atoms with Gasteiger partial charge in [-0.15, -0.1) is 0 Å². The molecule has 0 bridgehead atoms. The molecule has 1 aromatic heterocycles. The van der Waals surface area contributed by atoms with E-state index in [-0.39, 0.29) is 0 Å². The summed E-state index contributed by atoms with van der Waals surface area (Å²) in [4.78, 5) is 0. The van der Waals surface area contributed by atoms with Gasteiger partial charge >= 0.3 is 0 Å². The minimum Gasteiger partial charge on any atom is -0.307 e. The molecular weight excluding hydrogens is 234 g/mol. The highest BCUT2D eigenvalue weighted by Crippen LogP contribution is 2.28. The molecule has 90 valence electrons. The van der Waals surface area contributed by atoms with Crippen molar-refractivity contribution in [1.29, 1.82) is 0 Å². The lowest BCUT2D eigenvalue weighted by molar-refractivity contribution is 0.352. The van der Waals surface area contributed by atoms with Crippen molar-refractivity contribution in [3.63, 3.8) is 0 Å². The average molecular weight is 255 g/mol. The van der Waals surface area contributed by atoms with Crippen LogP contribution in [0.2, 0.25) is 0 Å². The van der Waals surface area contributed by atoms with Crippen molar-refractivity contribution in [2.75, 3.05) is 6.26 Å². The zero-order valence-electron chi connectivity index (χ0n) is 10.1. The highest BCUT2D eigenvalue weighted by molar-refractivity contribution is 7.99. The average Bonchev–Trinajstić information content (AvgIpc) is 2.83. The maximum atomic E-state index is 3.76. The van der Waals surface area contributed by atoms with E-state index in [4.69, 9.17) is 0 Å². The molecule has 1 atom stereocenters. The number of thioether (sulfide) groups is 1. The SMILES string of the molecule is CSC1CCC(NC(C)c2ccsc2)CC1. The normalized spacial score (nSPS) is 27.9. The first kappa shape index (κ1) is 12.5. The first-order valence-corrected chi connectivity index (χ1v) is 8.33. The molecule has 0 amide bonds. The van der Waals surface area contributed by atoms with Gasteiger partial charge in [0.25, 0.3) is 0 Å². The summed E-state index contributed by atoms with van der Waals surface area (Å²) >= 11 is 3.83. The molecule has 1 nitrogen and oxygen atoms in total. The Morgan fingerprint density at radius 1 is 1.38 bits per heavy atom.